The van der Waals surface area contributed by atoms with Crippen molar-refractivity contribution in [3.63, 3.8) is 0 Å². The standard InChI is InChI=1S/C18H11F3N2OS/c1-24-14-5-2-11(3-6-14)8-12(10-22)17-23-15-9-13(18(19,20)21)4-7-16(15)25-17/h2-9H,1H3. The second-order valence-corrected chi connectivity index (χ2v) is 6.17. The lowest BCUT2D eigenvalue weighted by Crippen LogP contribution is -2.03. The van der Waals surface area contributed by atoms with Crippen molar-refractivity contribution in [2.45, 2.75) is 6.18 Å². The number of aromatic nitrogens is 1. The zero-order chi connectivity index (χ0) is 18.0. The number of benzene rings is 2. The fourth-order valence-corrected chi connectivity index (χ4v) is 3.14. The molecule has 3 nitrogen and oxygen atoms in total. The predicted octanol–water partition coefficient (Wildman–Crippen LogP) is 5.39. The quantitative estimate of drug-likeness (QED) is 0.589. The summed E-state index contributed by atoms with van der Waals surface area (Å²) in [7, 11) is 1.56. The zero-order valence-corrected chi connectivity index (χ0v) is 13.8. The first-order chi connectivity index (χ1) is 11.9. The molecule has 0 N–H and O–H groups in total. The number of rotatable bonds is 3. The Morgan fingerprint density at radius 2 is 1.92 bits per heavy atom. The van der Waals surface area contributed by atoms with E-state index in [-0.39, 0.29) is 5.52 Å². The minimum absolute atomic E-state index is 0.228. The molecule has 0 aliphatic heterocycles. The molecule has 25 heavy (non-hydrogen) atoms. The first kappa shape index (κ1) is 17.0. The molecule has 7 heteroatoms. The summed E-state index contributed by atoms with van der Waals surface area (Å²) >= 11 is 1.18. The molecule has 0 atom stereocenters. The molecule has 0 radical (unpaired) electrons. The summed E-state index contributed by atoms with van der Waals surface area (Å²) in [6.07, 6.45) is -2.78. The van der Waals surface area contributed by atoms with E-state index in [0.717, 1.165) is 17.7 Å². The lowest BCUT2D eigenvalue weighted by Gasteiger charge is -2.04. The van der Waals surface area contributed by atoms with Crippen molar-refractivity contribution in [1.82, 2.24) is 4.98 Å². The van der Waals surface area contributed by atoms with Crippen molar-refractivity contribution in [2.75, 3.05) is 7.11 Å². The summed E-state index contributed by atoms with van der Waals surface area (Å²) in [5.74, 6) is 0.690. The van der Waals surface area contributed by atoms with E-state index in [4.69, 9.17) is 4.74 Å². The molecule has 0 unspecified atom stereocenters. The number of ether oxygens (including phenoxy) is 1. The van der Waals surface area contributed by atoms with Gasteiger partial charge in [-0.2, -0.15) is 18.4 Å². The van der Waals surface area contributed by atoms with E-state index in [0.29, 0.717) is 21.0 Å². The summed E-state index contributed by atoms with van der Waals surface area (Å²) < 4.78 is 44.1. The van der Waals surface area contributed by atoms with Gasteiger partial charge < -0.3 is 4.74 Å². The third-order valence-electron chi connectivity index (χ3n) is 3.49. The molecule has 2 aromatic carbocycles. The Balaban J connectivity index is 2.00. The van der Waals surface area contributed by atoms with Crippen LogP contribution >= 0.6 is 11.3 Å². The van der Waals surface area contributed by atoms with Gasteiger partial charge in [0.25, 0.3) is 0 Å². The second-order valence-electron chi connectivity index (χ2n) is 5.14. The lowest BCUT2D eigenvalue weighted by molar-refractivity contribution is -0.137. The summed E-state index contributed by atoms with van der Waals surface area (Å²) in [5, 5.41) is 9.78. The first-order valence-corrected chi connectivity index (χ1v) is 7.96. The maximum Gasteiger partial charge on any atom is 0.416 e. The van der Waals surface area contributed by atoms with Crippen LogP contribution in [0.3, 0.4) is 0 Å². The number of halogens is 3. The van der Waals surface area contributed by atoms with Gasteiger partial charge in [0.2, 0.25) is 0 Å². The van der Waals surface area contributed by atoms with Gasteiger partial charge in [-0.25, -0.2) is 4.98 Å². The van der Waals surface area contributed by atoms with Gasteiger partial charge in [-0.1, -0.05) is 12.1 Å². The van der Waals surface area contributed by atoms with Crippen LogP contribution in [0.5, 0.6) is 5.75 Å². The minimum Gasteiger partial charge on any atom is -0.497 e. The number of nitrogens with zero attached hydrogens (tertiary/aromatic N) is 2. The van der Waals surface area contributed by atoms with Crippen LogP contribution in [-0.2, 0) is 6.18 Å². The summed E-state index contributed by atoms with van der Waals surface area (Å²) in [6.45, 7) is 0. The van der Waals surface area contributed by atoms with Crippen molar-refractivity contribution in [3.05, 3.63) is 58.6 Å². The van der Waals surface area contributed by atoms with Gasteiger partial charge in [0.05, 0.1) is 28.5 Å². The maximum atomic E-state index is 12.8. The molecule has 0 aliphatic carbocycles. The highest BCUT2D eigenvalue weighted by Crippen LogP contribution is 2.34. The number of alkyl halides is 3. The van der Waals surface area contributed by atoms with Crippen molar-refractivity contribution in [3.8, 4) is 11.8 Å². The Hall–Kier alpha value is -2.85. The molecule has 1 aromatic heterocycles. The van der Waals surface area contributed by atoms with E-state index in [1.165, 1.54) is 17.4 Å². The molecule has 0 fully saturated rings. The number of hydrogen-bond donors (Lipinski definition) is 0. The Morgan fingerprint density at radius 3 is 2.52 bits per heavy atom. The summed E-state index contributed by atoms with van der Waals surface area (Å²) in [6, 6.07) is 12.5. The number of fused-ring (bicyclic) bond motifs is 1. The Labute approximate surface area is 145 Å². The molecule has 0 saturated heterocycles. The largest absolute Gasteiger partial charge is 0.497 e. The first-order valence-electron chi connectivity index (χ1n) is 7.15. The van der Waals surface area contributed by atoms with E-state index in [9.17, 15) is 18.4 Å². The van der Waals surface area contributed by atoms with Crippen LogP contribution in [0.4, 0.5) is 13.2 Å². The Kier molecular flexibility index (Phi) is 4.47. The molecule has 0 aliphatic rings. The minimum atomic E-state index is -4.42. The molecule has 3 rings (SSSR count). The van der Waals surface area contributed by atoms with Crippen molar-refractivity contribution >= 4 is 33.2 Å². The SMILES string of the molecule is COc1ccc(C=C(C#N)c2nc3cc(C(F)(F)F)ccc3s2)cc1. The van der Waals surface area contributed by atoms with Crippen molar-refractivity contribution < 1.29 is 17.9 Å². The van der Waals surface area contributed by atoms with E-state index >= 15 is 0 Å². The monoisotopic (exact) mass is 360 g/mol. The highest BCUT2D eigenvalue weighted by atomic mass is 32.1. The molecule has 3 aromatic rings. The smallest absolute Gasteiger partial charge is 0.416 e. The third-order valence-corrected chi connectivity index (χ3v) is 4.56. The van der Waals surface area contributed by atoms with Crippen LogP contribution in [0.1, 0.15) is 16.1 Å². The van der Waals surface area contributed by atoms with E-state index < -0.39 is 11.7 Å². The Bertz CT molecular complexity index is 982. The van der Waals surface area contributed by atoms with Gasteiger partial charge in [0.1, 0.15) is 16.8 Å². The normalized spacial score (nSPS) is 12.2. The van der Waals surface area contributed by atoms with Gasteiger partial charge in [-0.05, 0) is 42.0 Å². The highest BCUT2D eigenvalue weighted by Gasteiger charge is 2.30. The number of hydrogen-bond acceptors (Lipinski definition) is 4. The third kappa shape index (κ3) is 3.64. The number of methoxy groups -OCH3 is 1. The average molecular weight is 360 g/mol. The number of allylic oxidation sites excluding steroid dienone is 1. The van der Waals surface area contributed by atoms with Crippen LogP contribution in [0, 0.1) is 11.3 Å². The molecule has 0 bridgehead atoms. The van der Waals surface area contributed by atoms with Gasteiger partial charge in [-0.15, -0.1) is 11.3 Å². The van der Waals surface area contributed by atoms with E-state index in [1.54, 1.807) is 37.5 Å². The molecule has 1 heterocycles. The van der Waals surface area contributed by atoms with Crippen molar-refractivity contribution in [2.24, 2.45) is 0 Å². The van der Waals surface area contributed by atoms with Crippen LogP contribution in [0.25, 0.3) is 21.9 Å². The zero-order valence-electron chi connectivity index (χ0n) is 13.0. The van der Waals surface area contributed by atoms with Crippen LogP contribution in [0.15, 0.2) is 42.5 Å². The highest BCUT2D eigenvalue weighted by molar-refractivity contribution is 7.19. The van der Waals surface area contributed by atoms with Gasteiger partial charge in [0.15, 0.2) is 0 Å². The fourth-order valence-electron chi connectivity index (χ4n) is 2.23. The second kappa shape index (κ2) is 6.57. The van der Waals surface area contributed by atoms with Gasteiger partial charge in [-0.3, -0.25) is 0 Å². The van der Waals surface area contributed by atoms with Crippen LogP contribution in [0.2, 0.25) is 0 Å². The van der Waals surface area contributed by atoms with E-state index in [2.05, 4.69) is 11.1 Å². The predicted molar refractivity (Wildman–Crippen MR) is 91.1 cm³/mol. The molecular formula is C18H11F3N2OS. The van der Waals surface area contributed by atoms with Gasteiger partial charge >= 0.3 is 6.18 Å². The molecule has 126 valence electrons. The summed E-state index contributed by atoms with van der Waals surface area (Å²) in [4.78, 5) is 4.19. The van der Waals surface area contributed by atoms with Crippen LogP contribution < -0.4 is 4.74 Å². The topological polar surface area (TPSA) is 45.9 Å². The number of thiazole rings is 1. The molecule has 0 amide bonds. The molecular weight excluding hydrogens is 349 g/mol. The molecule has 0 spiro atoms. The maximum absolute atomic E-state index is 12.8. The lowest BCUT2D eigenvalue weighted by atomic mass is 10.1. The Morgan fingerprint density at radius 1 is 1.20 bits per heavy atom. The summed E-state index contributed by atoms with van der Waals surface area (Å²) in [5.41, 5.74) is 0.535. The fraction of sp³-hybridized carbons (Fsp3) is 0.111. The van der Waals surface area contributed by atoms with Gasteiger partial charge in [0, 0.05) is 0 Å². The van der Waals surface area contributed by atoms with Crippen LogP contribution in [-0.4, -0.2) is 12.1 Å². The number of nitriles is 1. The van der Waals surface area contributed by atoms with Crippen molar-refractivity contribution in [1.29, 1.82) is 5.26 Å². The van der Waals surface area contributed by atoms with E-state index in [1.807, 2.05) is 0 Å². The average Bonchev–Trinajstić information content (AvgIpc) is 3.02. The molecule has 0 saturated carbocycles.